The molecule has 0 aliphatic rings. The smallest absolute Gasteiger partial charge is 0.270 e. The molecule has 8 nitrogen and oxygen atoms in total. The van der Waals surface area contributed by atoms with E-state index in [4.69, 9.17) is 0 Å². The van der Waals surface area contributed by atoms with Gasteiger partial charge in [0.25, 0.3) is 11.7 Å². The van der Waals surface area contributed by atoms with Gasteiger partial charge in [-0.3, -0.25) is 9.48 Å². The lowest BCUT2D eigenvalue weighted by Gasteiger charge is -2.15. The van der Waals surface area contributed by atoms with E-state index in [-0.39, 0.29) is 17.8 Å². The van der Waals surface area contributed by atoms with E-state index in [1.54, 1.807) is 22.9 Å². The van der Waals surface area contributed by atoms with Gasteiger partial charge in [0, 0.05) is 17.8 Å². The van der Waals surface area contributed by atoms with Gasteiger partial charge in [0.15, 0.2) is 0 Å². The van der Waals surface area contributed by atoms with E-state index in [1.165, 1.54) is 23.0 Å². The molecule has 1 N–H and O–H groups in total. The summed E-state index contributed by atoms with van der Waals surface area (Å²) in [5.41, 5.74) is 2.41. The van der Waals surface area contributed by atoms with Crippen LogP contribution in [0.1, 0.15) is 23.1 Å². The Hall–Kier alpha value is -3.62. The van der Waals surface area contributed by atoms with Crippen molar-refractivity contribution in [3.8, 4) is 11.3 Å². The van der Waals surface area contributed by atoms with Crippen molar-refractivity contribution in [3.05, 3.63) is 66.1 Å². The van der Waals surface area contributed by atoms with Gasteiger partial charge >= 0.3 is 0 Å². The predicted octanol–water partition coefficient (Wildman–Crippen LogP) is 2.25. The average molecular weight is 379 g/mol. The summed E-state index contributed by atoms with van der Waals surface area (Å²) in [5, 5.41) is 11.4. The van der Waals surface area contributed by atoms with Crippen LogP contribution in [0.2, 0.25) is 0 Å². The second-order valence-corrected chi connectivity index (χ2v) is 6.56. The van der Waals surface area contributed by atoms with Gasteiger partial charge in [0.05, 0.1) is 17.9 Å². The average Bonchev–Trinajstić information content (AvgIpc) is 3.30. The molecule has 9 heteroatoms. The van der Waals surface area contributed by atoms with Gasteiger partial charge < -0.3 is 5.32 Å². The van der Waals surface area contributed by atoms with Crippen molar-refractivity contribution in [2.75, 3.05) is 0 Å². The summed E-state index contributed by atoms with van der Waals surface area (Å²) in [4.78, 5) is 21.4. The summed E-state index contributed by atoms with van der Waals surface area (Å²) in [6.45, 7) is 4.35. The first-order chi connectivity index (χ1) is 13.5. The first kappa shape index (κ1) is 17.8. The number of benzene rings is 1. The number of hydrogen-bond donors (Lipinski definition) is 1. The third-order valence-corrected chi connectivity index (χ3v) is 4.24. The van der Waals surface area contributed by atoms with Gasteiger partial charge in [0.1, 0.15) is 17.8 Å². The number of amides is 1. The Bertz CT molecular complexity index is 1130. The van der Waals surface area contributed by atoms with Gasteiger partial charge in [0.2, 0.25) is 0 Å². The van der Waals surface area contributed by atoms with Crippen LogP contribution in [0.15, 0.2) is 48.9 Å². The molecule has 142 valence electrons. The molecule has 0 saturated heterocycles. The Kier molecular flexibility index (Phi) is 4.56. The fourth-order valence-electron chi connectivity index (χ4n) is 2.93. The number of aryl methyl sites for hydroxylation is 1. The lowest BCUT2D eigenvalue weighted by molar-refractivity contribution is 0.0928. The van der Waals surface area contributed by atoms with E-state index >= 15 is 0 Å². The molecular weight excluding hydrogens is 361 g/mol. The van der Waals surface area contributed by atoms with Gasteiger partial charge in [-0.15, -0.1) is 0 Å². The fourth-order valence-corrected chi connectivity index (χ4v) is 2.93. The molecule has 0 spiro atoms. The van der Waals surface area contributed by atoms with Crippen molar-refractivity contribution in [3.63, 3.8) is 0 Å². The molecule has 1 amide bonds. The van der Waals surface area contributed by atoms with Gasteiger partial charge in [-0.25, -0.2) is 9.37 Å². The molecule has 0 aliphatic heterocycles. The normalized spacial score (nSPS) is 12.2. The Morgan fingerprint density at radius 2 is 2.04 bits per heavy atom. The summed E-state index contributed by atoms with van der Waals surface area (Å²) < 4.78 is 16.4. The second-order valence-electron chi connectivity index (χ2n) is 6.56. The summed E-state index contributed by atoms with van der Waals surface area (Å²) in [6.07, 6.45) is 3.20. The Morgan fingerprint density at radius 1 is 1.25 bits per heavy atom. The van der Waals surface area contributed by atoms with Crippen LogP contribution in [0.5, 0.6) is 0 Å². The zero-order chi connectivity index (χ0) is 19.7. The number of hydrogen-bond acceptors (Lipinski definition) is 5. The van der Waals surface area contributed by atoms with E-state index < -0.39 is 0 Å². The molecule has 0 saturated carbocycles. The molecule has 0 radical (unpaired) electrons. The van der Waals surface area contributed by atoms with Crippen molar-refractivity contribution >= 4 is 11.7 Å². The maximum atomic E-state index is 13.2. The minimum absolute atomic E-state index is 0.159. The van der Waals surface area contributed by atoms with Crippen molar-refractivity contribution in [1.29, 1.82) is 0 Å². The summed E-state index contributed by atoms with van der Waals surface area (Å²) in [7, 11) is 0. The van der Waals surface area contributed by atoms with Gasteiger partial charge in [-0.2, -0.15) is 19.7 Å². The second kappa shape index (κ2) is 7.18. The third-order valence-electron chi connectivity index (χ3n) is 4.24. The van der Waals surface area contributed by atoms with Crippen molar-refractivity contribution in [2.45, 2.75) is 26.4 Å². The Labute approximate surface area is 160 Å². The molecule has 0 bridgehead atoms. The standard InChI is InChI=1S/C19H18FN7O/c1-12-7-8-26(25-12)10-13(2)23-18(28)17-9-16(14-3-5-15(20)6-4-14)24-19-21-11-22-27(17)19/h3-9,11,13H,10H2,1-2H3,(H,23,28)/t13-/m0/s1. The van der Waals surface area contributed by atoms with Crippen molar-refractivity contribution in [1.82, 2.24) is 34.7 Å². The van der Waals surface area contributed by atoms with Crippen LogP contribution in [-0.4, -0.2) is 41.3 Å². The molecule has 3 aromatic heterocycles. The highest BCUT2D eigenvalue weighted by Crippen LogP contribution is 2.19. The lowest BCUT2D eigenvalue weighted by Crippen LogP contribution is -2.37. The van der Waals surface area contributed by atoms with E-state index in [1.807, 2.05) is 26.1 Å². The molecular formula is C19H18FN7O. The highest BCUT2D eigenvalue weighted by atomic mass is 19.1. The number of carbonyl (C=O) groups is 1. The quantitative estimate of drug-likeness (QED) is 0.574. The maximum absolute atomic E-state index is 13.2. The molecule has 4 rings (SSSR count). The molecule has 1 atom stereocenters. The minimum Gasteiger partial charge on any atom is -0.346 e. The molecule has 3 heterocycles. The summed E-state index contributed by atoms with van der Waals surface area (Å²) in [6, 6.07) is 9.27. The maximum Gasteiger partial charge on any atom is 0.270 e. The van der Waals surface area contributed by atoms with Crippen LogP contribution < -0.4 is 5.32 Å². The monoisotopic (exact) mass is 379 g/mol. The third kappa shape index (κ3) is 3.59. The molecule has 1 aromatic carbocycles. The van der Waals surface area contributed by atoms with E-state index in [2.05, 4.69) is 25.5 Å². The number of aromatic nitrogens is 6. The van der Waals surface area contributed by atoms with Crippen molar-refractivity contribution < 1.29 is 9.18 Å². The Balaban J connectivity index is 1.62. The number of fused-ring (bicyclic) bond motifs is 1. The first-order valence-electron chi connectivity index (χ1n) is 8.77. The highest BCUT2D eigenvalue weighted by molar-refractivity contribution is 5.94. The van der Waals surface area contributed by atoms with E-state index in [9.17, 15) is 9.18 Å². The number of halogens is 1. The van der Waals surface area contributed by atoms with Crippen LogP contribution >= 0.6 is 0 Å². The fraction of sp³-hybridized carbons (Fsp3) is 0.211. The molecule has 28 heavy (non-hydrogen) atoms. The molecule has 0 aliphatic carbocycles. The highest BCUT2D eigenvalue weighted by Gasteiger charge is 2.18. The number of nitrogens with one attached hydrogen (secondary N) is 1. The van der Waals surface area contributed by atoms with Gasteiger partial charge in [-0.1, -0.05) is 0 Å². The SMILES string of the molecule is Cc1ccn(C[C@H](C)NC(=O)c2cc(-c3ccc(F)cc3)nc3ncnn23)n1. The van der Waals surface area contributed by atoms with E-state index in [0.717, 1.165) is 5.69 Å². The first-order valence-corrected chi connectivity index (χ1v) is 8.77. The van der Waals surface area contributed by atoms with Crippen LogP contribution in [0, 0.1) is 12.7 Å². The topological polar surface area (TPSA) is 90.0 Å². The van der Waals surface area contributed by atoms with Crippen LogP contribution in [-0.2, 0) is 6.54 Å². The number of nitrogens with zero attached hydrogens (tertiary/aromatic N) is 6. The minimum atomic E-state index is -0.340. The van der Waals surface area contributed by atoms with Crippen LogP contribution in [0.25, 0.3) is 17.0 Å². The van der Waals surface area contributed by atoms with Gasteiger partial charge in [-0.05, 0) is 50.2 Å². The van der Waals surface area contributed by atoms with Crippen LogP contribution in [0.4, 0.5) is 4.39 Å². The zero-order valence-electron chi connectivity index (χ0n) is 15.4. The largest absolute Gasteiger partial charge is 0.346 e. The van der Waals surface area contributed by atoms with Crippen LogP contribution in [0.3, 0.4) is 0 Å². The summed E-state index contributed by atoms with van der Waals surface area (Å²) >= 11 is 0. The number of carbonyl (C=O) groups excluding carboxylic acids is 1. The molecule has 0 unspecified atom stereocenters. The molecule has 4 aromatic rings. The summed E-state index contributed by atoms with van der Waals surface area (Å²) in [5.74, 6) is -0.354. The van der Waals surface area contributed by atoms with Crippen molar-refractivity contribution in [2.24, 2.45) is 0 Å². The zero-order valence-corrected chi connectivity index (χ0v) is 15.4. The molecule has 0 fully saturated rings. The van der Waals surface area contributed by atoms with E-state index in [0.29, 0.717) is 29.3 Å². The Morgan fingerprint density at radius 3 is 2.75 bits per heavy atom. The predicted molar refractivity (Wildman–Crippen MR) is 100 cm³/mol. The number of rotatable bonds is 5. The lowest BCUT2D eigenvalue weighted by atomic mass is 10.1.